The third-order valence-electron chi connectivity index (χ3n) is 2.34. The molecule has 4 amide bonds. The molecule has 0 aromatic rings. The van der Waals surface area contributed by atoms with Gasteiger partial charge in [0.2, 0.25) is 11.8 Å². The third-order valence-corrected chi connectivity index (χ3v) is 2.34. The van der Waals surface area contributed by atoms with Crippen LogP contribution in [0.3, 0.4) is 0 Å². The van der Waals surface area contributed by atoms with Crippen LogP contribution >= 0.6 is 0 Å². The van der Waals surface area contributed by atoms with Crippen LogP contribution in [0, 0.1) is 0 Å². The van der Waals surface area contributed by atoms with Gasteiger partial charge in [-0.25, -0.2) is 4.79 Å². The first-order chi connectivity index (χ1) is 9.40. The van der Waals surface area contributed by atoms with E-state index in [0.717, 1.165) is 0 Å². The molecular formula is C11H22N6O3. The quantitative estimate of drug-likeness (QED) is 0.225. The molecule has 0 saturated carbocycles. The van der Waals surface area contributed by atoms with Gasteiger partial charge in [-0.15, -0.1) is 0 Å². The number of carbonyl (C=O) groups excluding carboxylic acids is 3. The second-order valence-electron chi connectivity index (χ2n) is 3.98. The predicted molar refractivity (Wildman–Crippen MR) is 75.0 cm³/mol. The first kappa shape index (κ1) is 17.7. The molecule has 0 aliphatic carbocycles. The summed E-state index contributed by atoms with van der Waals surface area (Å²) in [6, 6.07) is -1.05. The van der Waals surface area contributed by atoms with E-state index in [9.17, 15) is 14.4 Å². The van der Waals surface area contributed by atoms with E-state index in [0.29, 0.717) is 19.4 Å². The first-order valence-corrected chi connectivity index (χ1v) is 6.18. The zero-order chi connectivity index (χ0) is 15.5. The Kier molecular flexibility index (Phi) is 8.48. The van der Waals surface area contributed by atoms with Gasteiger partial charge < -0.3 is 21.7 Å². The van der Waals surface area contributed by atoms with Crippen LogP contribution in [-0.4, -0.2) is 50.5 Å². The van der Waals surface area contributed by atoms with Gasteiger partial charge in [0.05, 0.1) is 0 Å². The van der Waals surface area contributed by atoms with Crippen molar-refractivity contribution in [2.45, 2.75) is 25.8 Å². The molecule has 0 bridgehead atoms. The van der Waals surface area contributed by atoms with Gasteiger partial charge in [0.1, 0.15) is 6.04 Å². The summed E-state index contributed by atoms with van der Waals surface area (Å²) < 4.78 is 0. The molecule has 114 valence electrons. The van der Waals surface area contributed by atoms with E-state index in [1.807, 2.05) is 0 Å². The highest BCUT2D eigenvalue weighted by molar-refractivity contribution is 5.95. The Morgan fingerprint density at radius 3 is 2.35 bits per heavy atom. The summed E-state index contributed by atoms with van der Waals surface area (Å²) in [4.78, 5) is 37.3. The largest absolute Gasteiger partial charge is 0.370 e. The summed E-state index contributed by atoms with van der Waals surface area (Å²) in [6.07, 6.45) is 0.963. The van der Waals surface area contributed by atoms with Crippen molar-refractivity contribution in [1.82, 2.24) is 21.3 Å². The maximum absolute atomic E-state index is 11.5. The van der Waals surface area contributed by atoms with Crippen molar-refractivity contribution in [3.8, 4) is 0 Å². The predicted octanol–water partition coefficient (Wildman–Crippen LogP) is -1.74. The zero-order valence-corrected chi connectivity index (χ0v) is 11.9. The van der Waals surface area contributed by atoms with Gasteiger partial charge in [0, 0.05) is 27.6 Å². The molecule has 0 spiro atoms. The lowest BCUT2D eigenvalue weighted by atomic mass is 10.1. The van der Waals surface area contributed by atoms with E-state index < -0.39 is 12.1 Å². The fraction of sp³-hybridized carbons (Fsp3) is 0.636. The molecule has 0 fully saturated rings. The standard InChI is InChI=1S/C11H22N6O3/c1-7(18)16-8(9(19)13-2)5-4-6-15-10(12)17-11(20)14-3/h8H,4-6H2,1-3H3,(H,13,19)(H,16,18)(H4,12,14,15,17,20)/t8-/m0/s1. The minimum Gasteiger partial charge on any atom is -0.370 e. The highest BCUT2D eigenvalue weighted by Gasteiger charge is 2.17. The van der Waals surface area contributed by atoms with Crippen molar-refractivity contribution < 1.29 is 14.4 Å². The summed E-state index contributed by atoms with van der Waals surface area (Å²) in [5.74, 6) is -0.538. The number of nitrogens with two attached hydrogens (primary N) is 1. The molecule has 20 heavy (non-hydrogen) atoms. The lowest BCUT2D eigenvalue weighted by molar-refractivity contribution is -0.127. The summed E-state index contributed by atoms with van der Waals surface area (Å²) in [6.45, 7) is 1.68. The minimum atomic E-state index is -0.596. The summed E-state index contributed by atoms with van der Waals surface area (Å²) in [5.41, 5.74) is 5.46. The maximum atomic E-state index is 11.5. The van der Waals surface area contributed by atoms with Crippen molar-refractivity contribution in [2.75, 3.05) is 20.6 Å². The highest BCUT2D eigenvalue weighted by atomic mass is 16.2. The van der Waals surface area contributed by atoms with E-state index >= 15 is 0 Å². The van der Waals surface area contributed by atoms with Crippen LogP contribution in [-0.2, 0) is 9.59 Å². The Labute approximate surface area is 117 Å². The van der Waals surface area contributed by atoms with Crippen LogP contribution < -0.4 is 27.0 Å². The molecule has 0 saturated heterocycles. The number of amides is 4. The van der Waals surface area contributed by atoms with Gasteiger partial charge in [-0.05, 0) is 12.8 Å². The van der Waals surface area contributed by atoms with Crippen molar-refractivity contribution in [3.63, 3.8) is 0 Å². The van der Waals surface area contributed by atoms with Gasteiger partial charge in [0.15, 0.2) is 5.96 Å². The molecule has 1 atom stereocenters. The molecule has 0 rings (SSSR count). The molecule has 9 nitrogen and oxygen atoms in total. The SMILES string of the molecule is CNC(=O)NC(N)=NCCC[C@H](NC(C)=O)C(=O)NC. The van der Waals surface area contributed by atoms with Crippen molar-refractivity contribution >= 4 is 23.8 Å². The fourth-order valence-electron chi connectivity index (χ4n) is 1.40. The lowest BCUT2D eigenvalue weighted by Crippen LogP contribution is -2.45. The molecule has 0 aliphatic rings. The molecule has 0 unspecified atom stereocenters. The summed E-state index contributed by atoms with van der Waals surface area (Å²) in [5, 5.41) is 9.67. The zero-order valence-electron chi connectivity index (χ0n) is 11.9. The maximum Gasteiger partial charge on any atom is 0.321 e. The molecule has 0 aromatic heterocycles. The second-order valence-corrected chi connectivity index (χ2v) is 3.98. The average Bonchev–Trinajstić information content (AvgIpc) is 2.40. The average molecular weight is 286 g/mol. The summed E-state index contributed by atoms with van der Waals surface area (Å²) in [7, 11) is 2.96. The Morgan fingerprint density at radius 2 is 1.85 bits per heavy atom. The van der Waals surface area contributed by atoms with Gasteiger partial charge in [-0.3, -0.25) is 19.9 Å². The summed E-state index contributed by atoms with van der Waals surface area (Å²) >= 11 is 0. The normalized spacial score (nSPS) is 12.2. The van der Waals surface area contributed by atoms with E-state index in [1.54, 1.807) is 0 Å². The van der Waals surface area contributed by atoms with Crippen LogP contribution in [0.5, 0.6) is 0 Å². The number of carbonyl (C=O) groups is 3. The van der Waals surface area contributed by atoms with Crippen LogP contribution in [0.15, 0.2) is 4.99 Å². The van der Waals surface area contributed by atoms with Crippen LogP contribution in [0.4, 0.5) is 4.79 Å². The van der Waals surface area contributed by atoms with Crippen molar-refractivity contribution in [1.29, 1.82) is 0 Å². The Bertz CT molecular complexity index is 382. The lowest BCUT2D eigenvalue weighted by Gasteiger charge is -2.15. The second kappa shape index (κ2) is 9.59. The van der Waals surface area contributed by atoms with Gasteiger partial charge >= 0.3 is 6.03 Å². The Balaban J connectivity index is 4.17. The van der Waals surface area contributed by atoms with Crippen molar-refractivity contribution in [3.05, 3.63) is 0 Å². The Hall–Kier alpha value is -2.32. The van der Waals surface area contributed by atoms with Gasteiger partial charge in [0.25, 0.3) is 0 Å². The molecule has 9 heteroatoms. The van der Waals surface area contributed by atoms with E-state index in [-0.39, 0.29) is 17.8 Å². The highest BCUT2D eigenvalue weighted by Crippen LogP contribution is 1.98. The first-order valence-electron chi connectivity index (χ1n) is 6.18. The minimum absolute atomic E-state index is 0.000343. The molecule has 0 aliphatic heterocycles. The fourth-order valence-corrected chi connectivity index (χ4v) is 1.40. The van der Waals surface area contributed by atoms with Gasteiger partial charge in [-0.2, -0.15) is 0 Å². The molecule has 0 radical (unpaired) electrons. The number of hydrogen-bond donors (Lipinski definition) is 5. The third kappa shape index (κ3) is 7.90. The smallest absolute Gasteiger partial charge is 0.321 e. The number of aliphatic imine (C=N–C) groups is 1. The molecule has 0 aromatic carbocycles. The number of hydrogen-bond acceptors (Lipinski definition) is 4. The van der Waals surface area contributed by atoms with E-state index in [2.05, 4.69) is 26.3 Å². The van der Waals surface area contributed by atoms with Gasteiger partial charge in [-0.1, -0.05) is 0 Å². The number of rotatable bonds is 6. The van der Waals surface area contributed by atoms with Crippen LogP contribution in [0.2, 0.25) is 0 Å². The van der Waals surface area contributed by atoms with E-state index in [4.69, 9.17) is 5.73 Å². The molecule has 6 N–H and O–H groups in total. The number of guanidine groups is 1. The number of urea groups is 1. The number of likely N-dealkylation sites (N-methyl/N-ethyl adjacent to an activating group) is 1. The van der Waals surface area contributed by atoms with Crippen LogP contribution in [0.1, 0.15) is 19.8 Å². The number of nitrogens with zero attached hydrogens (tertiary/aromatic N) is 1. The molecular weight excluding hydrogens is 264 g/mol. The van der Waals surface area contributed by atoms with Crippen molar-refractivity contribution in [2.24, 2.45) is 10.7 Å². The Morgan fingerprint density at radius 1 is 1.20 bits per heavy atom. The number of nitrogens with one attached hydrogen (secondary N) is 4. The monoisotopic (exact) mass is 286 g/mol. The van der Waals surface area contributed by atoms with E-state index in [1.165, 1.54) is 21.0 Å². The van der Waals surface area contributed by atoms with Crippen LogP contribution in [0.25, 0.3) is 0 Å². The topological polar surface area (TPSA) is 138 Å². The molecule has 0 heterocycles.